The van der Waals surface area contributed by atoms with Gasteiger partial charge in [0.25, 0.3) is 0 Å². The van der Waals surface area contributed by atoms with Crippen LogP contribution in [0.2, 0.25) is 0 Å². The maximum atomic E-state index is 14.3. The lowest BCUT2D eigenvalue weighted by Gasteiger charge is -2.35. The summed E-state index contributed by atoms with van der Waals surface area (Å²) in [6.07, 6.45) is 0. The summed E-state index contributed by atoms with van der Waals surface area (Å²) in [6.45, 7) is 0.521. The fourth-order valence-electron chi connectivity index (χ4n) is 5.79. The number of hydrogen-bond acceptors (Lipinski definition) is 6. The number of halogens is 1. The molecule has 1 saturated heterocycles. The van der Waals surface area contributed by atoms with Gasteiger partial charge < -0.3 is 19.5 Å². The van der Waals surface area contributed by atoms with Crippen molar-refractivity contribution in [2.24, 2.45) is 5.92 Å². The molecule has 1 amide bonds. The number of benzene rings is 3. The van der Waals surface area contributed by atoms with Crippen LogP contribution in [0.15, 0.2) is 60.7 Å². The van der Waals surface area contributed by atoms with Crippen LogP contribution in [0.1, 0.15) is 27.4 Å². The van der Waals surface area contributed by atoms with E-state index in [1.165, 1.54) is 12.1 Å². The molecule has 0 saturated carbocycles. The lowest BCUT2D eigenvalue weighted by molar-refractivity contribution is -0.126. The summed E-state index contributed by atoms with van der Waals surface area (Å²) >= 11 is 0. The number of anilines is 1. The monoisotopic (exact) mass is 474 g/mol. The van der Waals surface area contributed by atoms with Gasteiger partial charge in [-0.25, -0.2) is 4.39 Å². The Morgan fingerprint density at radius 1 is 1.09 bits per heavy atom. The predicted octanol–water partition coefficient (Wildman–Crippen LogP) is 3.94. The van der Waals surface area contributed by atoms with Gasteiger partial charge in [0.2, 0.25) is 12.7 Å². The number of ketones is 1. The SMILES string of the molecule is COc1ccc2c(c1)[C@]1(C(=O)N2)[C@H](C(=O)c2ccc3c(c2)OCO3)[C@H](c2ccc(F)cc2)CN1C. The Bertz CT molecular complexity index is 1360. The van der Waals surface area contributed by atoms with Crippen molar-refractivity contribution in [3.05, 3.63) is 83.2 Å². The second-order valence-corrected chi connectivity index (χ2v) is 9.08. The molecule has 35 heavy (non-hydrogen) atoms. The van der Waals surface area contributed by atoms with Gasteiger partial charge in [-0.15, -0.1) is 0 Å². The summed E-state index contributed by atoms with van der Waals surface area (Å²) in [5.41, 5.74) is 1.28. The van der Waals surface area contributed by atoms with Crippen LogP contribution in [-0.4, -0.2) is 44.1 Å². The largest absolute Gasteiger partial charge is 0.497 e. The van der Waals surface area contributed by atoms with E-state index in [0.29, 0.717) is 40.6 Å². The Kier molecular flexibility index (Phi) is 4.82. The number of methoxy groups -OCH3 is 1. The van der Waals surface area contributed by atoms with E-state index >= 15 is 0 Å². The molecule has 1 spiro atoms. The van der Waals surface area contributed by atoms with E-state index in [2.05, 4.69) is 5.32 Å². The molecule has 3 aromatic rings. The highest BCUT2D eigenvalue weighted by molar-refractivity contribution is 6.12. The highest BCUT2D eigenvalue weighted by atomic mass is 19.1. The number of ether oxygens (including phenoxy) is 3. The van der Waals surface area contributed by atoms with Gasteiger partial charge in [-0.05, 0) is 61.1 Å². The molecular formula is C27H23FN2O5. The Balaban J connectivity index is 1.55. The molecule has 3 heterocycles. The molecule has 0 aliphatic carbocycles. The van der Waals surface area contributed by atoms with E-state index in [-0.39, 0.29) is 30.2 Å². The predicted molar refractivity (Wildman–Crippen MR) is 125 cm³/mol. The van der Waals surface area contributed by atoms with Crippen LogP contribution in [0.25, 0.3) is 0 Å². The third kappa shape index (κ3) is 3.06. The number of carbonyl (C=O) groups is 2. The molecule has 0 bridgehead atoms. The molecule has 1 fully saturated rings. The molecular weight excluding hydrogens is 451 g/mol. The third-order valence-corrected chi connectivity index (χ3v) is 7.39. The highest BCUT2D eigenvalue weighted by Crippen LogP contribution is 2.56. The molecule has 1 N–H and O–H groups in total. The molecule has 6 rings (SSSR count). The first-order chi connectivity index (χ1) is 16.9. The van der Waals surface area contributed by atoms with Crippen molar-refractivity contribution in [3.8, 4) is 17.2 Å². The van der Waals surface area contributed by atoms with E-state index in [1.807, 2.05) is 18.0 Å². The molecule has 3 aliphatic rings. The number of amides is 1. The smallest absolute Gasteiger partial charge is 0.250 e. The topological polar surface area (TPSA) is 77.1 Å². The fraction of sp³-hybridized carbons (Fsp3) is 0.259. The van der Waals surface area contributed by atoms with E-state index < -0.39 is 11.5 Å². The van der Waals surface area contributed by atoms with Crippen molar-refractivity contribution >= 4 is 17.4 Å². The van der Waals surface area contributed by atoms with Crippen LogP contribution < -0.4 is 19.5 Å². The maximum Gasteiger partial charge on any atom is 0.250 e. The number of nitrogens with one attached hydrogen (secondary N) is 1. The summed E-state index contributed by atoms with van der Waals surface area (Å²) < 4.78 is 30.1. The average Bonchev–Trinajstić information content (AvgIpc) is 3.54. The van der Waals surface area contributed by atoms with E-state index in [9.17, 15) is 14.0 Å². The molecule has 3 aromatic carbocycles. The number of nitrogens with zero attached hydrogens (tertiary/aromatic N) is 1. The Labute approximate surface area is 201 Å². The summed E-state index contributed by atoms with van der Waals surface area (Å²) in [6, 6.07) is 16.6. The number of rotatable bonds is 4. The van der Waals surface area contributed by atoms with Crippen molar-refractivity contribution in [3.63, 3.8) is 0 Å². The first-order valence-electron chi connectivity index (χ1n) is 11.3. The number of fused-ring (bicyclic) bond motifs is 3. The van der Waals surface area contributed by atoms with Gasteiger partial charge in [0.15, 0.2) is 17.3 Å². The van der Waals surface area contributed by atoms with Crippen molar-refractivity contribution in [2.75, 3.05) is 32.8 Å². The Hall–Kier alpha value is -3.91. The fourth-order valence-corrected chi connectivity index (χ4v) is 5.79. The Morgan fingerprint density at radius 3 is 2.63 bits per heavy atom. The molecule has 0 radical (unpaired) electrons. The summed E-state index contributed by atoms with van der Waals surface area (Å²) in [4.78, 5) is 30.0. The summed E-state index contributed by atoms with van der Waals surface area (Å²) in [5.74, 6) is -0.321. The van der Waals surface area contributed by atoms with Crippen molar-refractivity contribution in [1.29, 1.82) is 0 Å². The number of likely N-dealkylation sites (N-methyl/N-ethyl adjacent to an activating group) is 1. The molecule has 178 valence electrons. The van der Waals surface area contributed by atoms with E-state index in [0.717, 1.165) is 5.56 Å². The quantitative estimate of drug-likeness (QED) is 0.578. The first-order valence-corrected chi connectivity index (χ1v) is 11.3. The second kappa shape index (κ2) is 7.81. The molecule has 0 unspecified atom stereocenters. The third-order valence-electron chi connectivity index (χ3n) is 7.39. The average molecular weight is 474 g/mol. The normalized spacial score (nSPS) is 24.5. The van der Waals surface area contributed by atoms with Crippen molar-refractivity contribution in [2.45, 2.75) is 11.5 Å². The van der Waals surface area contributed by atoms with Crippen LogP contribution in [0, 0.1) is 11.7 Å². The Morgan fingerprint density at radius 2 is 1.86 bits per heavy atom. The highest BCUT2D eigenvalue weighted by Gasteiger charge is 2.64. The molecule has 8 heteroatoms. The zero-order valence-electron chi connectivity index (χ0n) is 19.2. The lowest BCUT2D eigenvalue weighted by atomic mass is 9.70. The van der Waals surface area contributed by atoms with Gasteiger partial charge in [-0.2, -0.15) is 0 Å². The van der Waals surface area contributed by atoms with Gasteiger partial charge in [0.1, 0.15) is 17.1 Å². The molecule has 3 aliphatic heterocycles. The molecule has 7 nitrogen and oxygen atoms in total. The summed E-state index contributed by atoms with van der Waals surface area (Å²) in [5, 5.41) is 2.98. The van der Waals surface area contributed by atoms with Crippen molar-refractivity contribution < 1.29 is 28.2 Å². The van der Waals surface area contributed by atoms with Crippen LogP contribution in [-0.2, 0) is 10.3 Å². The van der Waals surface area contributed by atoms with Crippen LogP contribution in [0.3, 0.4) is 0 Å². The van der Waals surface area contributed by atoms with Gasteiger partial charge in [-0.3, -0.25) is 14.5 Å². The standard InChI is InChI=1S/C27H23FN2O5/c1-30-13-19(15-3-6-17(28)7-4-15)24(25(31)16-5-10-22-23(11-16)35-14-34-22)27(30)20-12-18(33-2)8-9-21(20)29-26(27)32/h3-12,19,24H,13-14H2,1-2H3,(H,29,32)/t19-,24-,27+/m0/s1. The van der Waals surface area contributed by atoms with Gasteiger partial charge in [0.05, 0.1) is 13.0 Å². The zero-order chi connectivity index (χ0) is 24.3. The van der Waals surface area contributed by atoms with E-state index in [1.54, 1.807) is 49.6 Å². The van der Waals surface area contributed by atoms with Gasteiger partial charge >= 0.3 is 0 Å². The molecule has 0 aromatic heterocycles. The number of hydrogen-bond donors (Lipinski definition) is 1. The van der Waals surface area contributed by atoms with Crippen molar-refractivity contribution in [1.82, 2.24) is 4.90 Å². The minimum absolute atomic E-state index is 0.0941. The molecule has 3 atom stereocenters. The van der Waals surface area contributed by atoms with Crippen LogP contribution in [0.5, 0.6) is 17.2 Å². The van der Waals surface area contributed by atoms with Crippen LogP contribution in [0.4, 0.5) is 10.1 Å². The number of Topliss-reactive ketones (excluding diaryl/α,β-unsaturated/α-hetero) is 1. The first kappa shape index (κ1) is 21.6. The van der Waals surface area contributed by atoms with Gasteiger partial charge in [-0.1, -0.05) is 12.1 Å². The minimum atomic E-state index is -1.27. The lowest BCUT2D eigenvalue weighted by Crippen LogP contribution is -2.51. The number of likely N-dealkylation sites (tertiary alicyclic amines) is 1. The second-order valence-electron chi connectivity index (χ2n) is 9.08. The maximum absolute atomic E-state index is 14.3. The minimum Gasteiger partial charge on any atom is -0.497 e. The van der Waals surface area contributed by atoms with E-state index in [4.69, 9.17) is 14.2 Å². The van der Waals surface area contributed by atoms with Crippen LogP contribution >= 0.6 is 0 Å². The number of carbonyl (C=O) groups excluding carboxylic acids is 2. The van der Waals surface area contributed by atoms with Gasteiger partial charge in [0, 0.05) is 29.3 Å². The zero-order valence-corrected chi connectivity index (χ0v) is 19.2. The summed E-state index contributed by atoms with van der Waals surface area (Å²) in [7, 11) is 3.41.